The summed E-state index contributed by atoms with van der Waals surface area (Å²) in [6.45, 7) is 20.9. The first-order valence-electron chi connectivity index (χ1n) is 14.6. The van der Waals surface area contributed by atoms with Crippen molar-refractivity contribution in [3.05, 3.63) is 0 Å². The van der Waals surface area contributed by atoms with Crippen LogP contribution in [0.2, 0.25) is 0 Å². The molecule has 0 unspecified atom stereocenters. The van der Waals surface area contributed by atoms with Crippen LogP contribution in [-0.2, 0) is 14.2 Å². The van der Waals surface area contributed by atoms with Crippen molar-refractivity contribution >= 4 is 0 Å². The highest BCUT2D eigenvalue weighted by molar-refractivity contribution is 4.67. The molecule has 0 spiro atoms. The summed E-state index contributed by atoms with van der Waals surface area (Å²) >= 11 is 0. The Morgan fingerprint density at radius 1 is 0.559 bits per heavy atom. The minimum Gasteiger partial charge on any atom is -0.381 e. The molecule has 6 rings (SSSR count). The lowest BCUT2D eigenvalue weighted by Gasteiger charge is -2.20. The summed E-state index contributed by atoms with van der Waals surface area (Å²) in [6.07, 6.45) is 14.8. The van der Waals surface area contributed by atoms with Gasteiger partial charge >= 0.3 is 0 Å². The van der Waals surface area contributed by atoms with Gasteiger partial charge in [-0.1, -0.05) is 40.0 Å². The number of hydrogen-bond acceptors (Lipinski definition) is 5. The van der Waals surface area contributed by atoms with Gasteiger partial charge < -0.3 is 24.8 Å². The van der Waals surface area contributed by atoms with Gasteiger partial charge in [-0.2, -0.15) is 0 Å². The Kier molecular flexibility index (Phi) is 19.6. The van der Waals surface area contributed by atoms with Crippen LogP contribution in [0.3, 0.4) is 0 Å². The van der Waals surface area contributed by atoms with E-state index in [9.17, 15) is 0 Å². The van der Waals surface area contributed by atoms with Gasteiger partial charge in [0.2, 0.25) is 0 Å². The Morgan fingerprint density at radius 3 is 1.35 bits per heavy atom. The molecule has 5 heteroatoms. The van der Waals surface area contributed by atoms with Crippen molar-refractivity contribution in [3.8, 4) is 0 Å². The smallest absolute Gasteiger partial charge is 0.0568 e. The third-order valence-electron chi connectivity index (χ3n) is 7.25. The lowest BCUT2D eigenvalue weighted by atomic mass is 9.88. The maximum Gasteiger partial charge on any atom is 0.0568 e. The molecule has 2 N–H and O–H groups in total. The summed E-state index contributed by atoms with van der Waals surface area (Å²) in [4.78, 5) is 0. The fourth-order valence-electron chi connectivity index (χ4n) is 4.01. The van der Waals surface area contributed by atoms with E-state index in [1.807, 2.05) is 0 Å². The fraction of sp³-hybridized carbons (Fsp3) is 1.00. The Hall–Kier alpha value is -0.200. The van der Waals surface area contributed by atoms with E-state index in [0.717, 1.165) is 50.2 Å². The molecule has 1 saturated carbocycles. The van der Waals surface area contributed by atoms with Crippen LogP contribution in [0.5, 0.6) is 0 Å². The van der Waals surface area contributed by atoms with Gasteiger partial charge in [-0.3, -0.25) is 0 Å². The summed E-state index contributed by atoms with van der Waals surface area (Å²) in [5, 5.41) is 6.59. The van der Waals surface area contributed by atoms with Crippen molar-refractivity contribution in [2.24, 2.45) is 17.8 Å². The van der Waals surface area contributed by atoms with Crippen LogP contribution in [0.1, 0.15) is 106 Å². The number of rotatable bonds is 0. The third kappa shape index (κ3) is 19.0. The molecule has 0 aromatic carbocycles. The molecule has 0 aromatic rings. The molecule has 0 aromatic heterocycles. The lowest BCUT2D eigenvalue weighted by Crippen LogP contribution is -2.22. The summed E-state index contributed by atoms with van der Waals surface area (Å²) in [5.41, 5.74) is 0. The molecule has 5 saturated heterocycles. The third-order valence-corrected chi connectivity index (χ3v) is 7.25. The second kappa shape index (κ2) is 20.9. The highest BCUT2D eigenvalue weighted by Crippen LogP contribution is 2.24. The van der Waals surface area contributed by atoms with E-state index in [-0.39, 0.29) is 0 Å². The van der Waals surface area contributed by atoms with Gasteiger partial charge in [-0.05, 0) is 103 Å². The zero-order chi connectivity index (χ0) is 25.0. The van der Waals surface area contributed by atoms with Crippen LogP contribution in [0, 0.1) is 17.8 Å². The molecule has 1 aliphatic carbocycles. The Bertz CT molecular complexity index is 351. The summed E-state index contributed by atoms with van der Waals surface area (Å²) in [5.74, 6) is 2.82. The summed E-state index contributed by atoms with van der Waals surface area (Å²) in [7, 11) is 0. The molecular formula is C29H60N2O3. The van der Waals surface area contributed by atoms with E-state index in [0.29, 0.717) is 12.2 Å². The zero-order valence-electron chi connectivity index (χ0n) is 23.7. The molecular weight excluding hydrogens is 424 g/mol. The van der Waals surface area contributed by atoms with Crippen molar-refractivity contribution in [2.45, 2.75) is 124 Å². The topological polar surface area (TPSA) is 51.8 Å². The number of ether oxygens (including phenoxy) is 3. The molecule has 34 heavy (non-hydrogen) atoms. The first kappa shape index (κ1) is 31.8. The molecule has 204 valence electrons. The van der Waals surface area contributed by atoms with Crippen LogP contribution in [0.4, 0.5) is 0 Å². The highest BCUT2D eigenvalue weighted by atomic mass is 16.5. The standard InChI is InChI=1S/2C5H11N.2C5H10O.C5H10.C4H8O/c1-5-2-3-6-4-5;1-5-3-2-4-6-5;1-5-2-3-6-4-5;1-5-3-2-4-6-5;1-5-3-2-4-5;1-4-2-3-5-4/h2*5-6H,2-4H2,1H3;2*5H,2-4H2,1H3;5H,2-4H2,1H3;4H,2-3H2,1H3/t4*5-;;4-/m1111.1/s1. The van der Waals surface area contributed by atoms with Gasteiger partial charge in [-0.15, -0.1) is 0 Å². The fourth-order valence-corrected chi connectivity index (χ4v) is 4.01. The van der Waals surface area contributed by atoms with Crippen LogP contribution in [0.25, 0.3) is 0 Å². The van der Waals surface area contributed by atoms with Gasteiger partial charge in [0.1, 0.15) is 0 Å². The van der Waals surface area contributed by atoms with Gasteiger partial charge in [0.25, 0.3) is 0 Å². The average molecular weight is 485 g/mol. The Labute approximate surface area is 212 Å². The molecule has 5 aliphatic heterocycles. The van der Waals surface area contributed by atoms with E-state index in [1.165, 1.54) is 83.8 Å². The van der Waals surface area contributed by atoms with Gasteiger partial charge in [0.05, 0.1) is 12.2 Å². The number of nitrogens with one attached hydrogen (secondary N) is 2. The average Bonchev–Trinajstić information content (AvgIpc) is 3.59. The van der Waals surface area contributed by atoms with Crippen LogP contribution in [-0.4, -0.2) is 64.3 Å². The maximum absolute atomic E-state index is 5.15. The van der Waals surface area contributed by atoms with Crippen molar-refractivity contribution in [1.29, 1.82) is 0 Å². The molecule has 6 aliphatic rings. The summed E-state index contributed by atoms with van der Waals surface area (Å²) in [6, 6.07) is 0.796. The van der Waals surface area contributed by atoms with Crippen molar-refractivity contribution in [2.75, 3.05) is 46.1 Å². The lowest BCUT2D eigenvalue weighted by molar-refractivity contribution is -0.0375. The zero-order valence-corrected chi connectivity index (χ0v) is 23.7. The normalized spacial score (nSPS) is 33.5. The van der Waals surface area contributed by atoms with Crippen molar-refractivity contribution in [1.82, 2.24) is 10.6 Å². The molecule has 5 heterocycles. The van der Waals surface area contributed by atoms with Crippen molar-refractivity contribution < 1.29 is 14.2 Å². The van der Waals surface area contributed by atoms with Gasteiger partial charge in [0.15, 0.2) is 0 Å². The predicted molar refractivity (Wildman–Crippen MR) is 146 cm³/mol. The first-order valence-corrected chi connectivity index (χ1v) is 14.6. The molecule has 5 atom stereocenters. The monoisotopic (exact) mass is 484 g/mol. The maximum atomic E-state index is 5.15. The highest BCUT2D eigenvalue weighted by Gasteiger charge is 2.10. The van der Waals surface area contributed by atoms with E-state index in [1.54, 1.807) is 0 Å². The van der Waals surface area contributed by atoms with E-state index >= 15 is 0 Å². The van der Waals surface area contributed by atoms with Crippen LogP contribution in [0.15, 0.2) is 0 Å². The second-order valence-corrected chi connectivity index (χ2v) is 11.4. The van der Waals surface area contributed by atoms with Gasteiger partial charge in [0, 0.05) is 32.5 Å². The largest absolute Gasteiger partial charge is 0.381 e. The second-order valence-electron chi connectivity index (χ2n) is 11.4. The Balaban J connectivity index is 0.000000204. The van der Waals surface area contributed by atoms with Crippen LogP contribution < -0.4 is 10.6 Å². The summed E-state index contributed by atoms with van der Waals surface area (Å²) < 4.78 is 15.1. The van der Waals surface area contributed by atoms with Crippen LogP contribution >= 0.6 is 0 Å². The minimum absolute atomic E-state index is 0.546. The Morgan fingerprint density at radius 2 is 1.24 bits per heavy atom. The van der Waals surface area contributed by atoms with E-state index in [2.05, 4.69) is 52.2 Å². The number of hydrogen-bond donors (Lipinski definition) is 2. The quantitative estimate of drug-likeness (QED) is 0.428. The van der Waals surface area contributed by atoms with Gasteiger partial charge in [-0.25, -0.2) is 0 Å². The first-order chi connectivity index (χ1) is 16.4. The van der Waals surface area contributed by atoms with E-state index < -0.39 is 0 Å². The van der Waals surface area contributed by atoms with E-state index in [4.69, 9.17) is 14.2 Å². The molecule has 0 amide bonds. The molecule has 6 fully saturated rings. The minimum atomic E-state index is 0.546. The van der Waals surface area contributed by atoms with Crippen molar-refractivity contribution in [3.63, 3.8) is 0 Å². The molecule has 0 radical (unpaired) electrons. The molecule has 0 bridgehead atoms. The predicted octanol–water partition coefficient (Wildman–Crippen LogP) is 6.20. The SMILES string of the molecule is CC1CCC1.C[C@@H]1CCCN1.C[C@@H]1CCCO1.C[C@@H]1CCNC1.C[C@@H]1CCO1.C[C@@H]1CCOC1. The molecule has 5 nitrogen and oxygen atoms in total.